The van der Waals surface area contributed by atoms with Gasteiger partial charge in [-0.1, -0.05) is 36.4 Å². The number of nitrogens with zero attached hydrogens (tertiary/aromatic N) is 4. The molecule has 0 spiro atoms. The van der Waals surface area contributed by atoms with Gasteiger partial charge in [-0.2, -0.15) is 5.10 Å². The summed E-state index contributed by atoms with van der Waals surface area (Å²) in [7, 11) is 1.67. The zero-order valence-corrected chi connectivity index (χ0v) is 18.1. The van der Waals surface area contributed by atoms with Crippen LogP contribution in [-0.2, 0) is 6.54 Å². The van der Waals surface area contributed by atoms with Gasteiger partial charge in [-0.15, -0.1) is 0 Å². The summed E-state index contributed by atoms with van der Waals surface area (Å²) < 4.78 is 7.27. The minimum atomic E-state index is 0.0775. The summed E-state index contributed by atoms with van der Waals surface area (Å²) in [5.74, 6) is 0.901. The molecule has 1 amide bonds. The molecule has 1 aromatic heterocycles. The zero-order chi connectivity index (χ0) is 21.9. The maximum atomic E-state index is 13.2. The maximum absolute atomic E-state index is 13.2. The fourth-order valence-electron chi connectivity index (χ4n) is 4.26. The smallest absolute Gasteiger partial charge is 0.254 e. The lowest BCUT2D eigenvalue weighted by molar-refractivity contribution is 0.0747. The van der Waals surface area contributed by atoms with Crippen molar-refractivity contribution in [3.8, 4) is 5.75 Å². The van der Waals surface area contributed by atoms with Gasteiger partial charge in [0.15, 0.2) is 0 Å². The number of para-hydroxylation sites is 1. The lowest BCUT2D eigenvalue weighted by Gasteiger charge is -2.36. The molecule has 0 N–H and O–H groups in total. The number of methoxy groups -OCH3 is 1. The van der Waals surface area contributed by atoms with E-state index >= 15 is 0 Å². The fourth-order valence-corrected chi connectivity index (χ4v) is 4.26. The SMILES string of the molecule is COc1cccc(Cn2ncc3ccc(C(=O)N4CCN(c5ccccc5)CC4)cc32)c1. The van der Waals surface area contributed by atoms with Gasteiger partial charge in [-0.25, -0.2) is 0 Å². The monoisotopic (exact) mass is 426 g/mol. The number of ether oxygens (including phenoxy) is 1. The summed E-state index contributed by atoms with van der Waals surface area (Å²) in [6.07, 6.45) is 1.85. The van der Waals surface area contributed by atoms with Crippen molar-refractivity contribution in [2.45, 2.75) is 6.54 Å². The summed E-state index contributed by atoms with van der Waals surface area (Å²) in [5, 5.41) is 5.57. The number of piperazine rings is 1. The minimum Gasteiger partial charge on any atom is -0.497 e. The van der Waals surface area contributed by atoms with Crippen molar-refractivity contribution >= 4 is 22.5 Å². The van der Waals surface area contributed by atoms with E-state index in [9.17, 15) is 4.79 Å². The number of fused-ring (bicyclic) bond motifs is 1. The Morgan fingerprint density at radius 3 is 2.53 bits per heavy atom. The standard InChI is InChI=1S/C26H26N4O2/c1-32-24-9-5-6-20(16-24)19-30-25-17-21(10-11-22(25)18-27-30)26(31)29-14-12-28(13-15-29)23-7-3-2-4-8-23/h2-11,16-18H,12-15,19H2,1H3. The van der Waals surface area contributed by atoms with Crippen LogP contribution >= 0.6 is 0 Å². The van der Waals surface area contributed by atoms with E-state index < -0.39 is 0 Å². The molecule has 0 saturated carbocycles. The third-order valence-corrected chi connectivity index (χ3v) is 6.05. The summed E-state index contributed by atoms with van der Waals surface area (Å²) >= 11 is 0. The highest BCUT2D eigenvalue weighted by atomic mass is 16.5. The number of hydrogen-bond acceptors (Lipinski definition) is 4. The van der Waals surface area contributed by atoms with Crippen molar-refractivity contribution < 1.29 is 9.53 Å². The second-order valence-corrected chi connectivity index (χ2v) is 8.04. The van der Waals surface area contributed by atoms with Gasteiger partial charge in [-0.3, -0.25) is 9.48 Å². The third-order valence-electron chi connectivity index (χ3n) is 6.05. The molecule has 6 nitrogen and oxygen atoms in total. The number of anilines is 1. The molecular weight excluding hydrogens is 400 g/mol. The Bertz CT molecular complexity index is 1230. The predicted octanol–water partition coefficient (Wildman–Crippen LogP) is 4.06. The first kappa shape index (κ1) is 20.1. The predicted molar refractivity (Wildman–Crippen MR) is 126 cm³/mol. The van der Waals surface area contributed by atoms with Gasteiger partial charge >= 0.3 is 0 Å². The van der Waals surface area contributed by atoms with Crippen LogP contribution in [0.15, 0.2) is 79.0 Å². The number of hydrogen-bond donors (Lipinski definition) is 0. The topological polar surface area (TPSA) is 50.6 Å². The number of carbonyl (C=O) groups is 1. The lowest BCUT2D eigenvalue weighted by Crippen LogP contribution is -2.48. The molecule has 4 aromatic rings. The molecule has 1 aliphatic heterocycles. The van der Waals surface area contributed by atoms with Gasteiger partial charge in [-0.05, 0) is 42.0 Å². The lowest BCUT2D eigenvalue weighted by atomic mass is 10.1. The van der Waals surface area contributed by atoms with E-state index in [-0.39, 0.29) is 5.91 Å². The molecule has 0 bridgehead atoms. The number of amides is 1. The van der Waals surface area contributed by atoms with E-state index in [4.69, 9.17) is 4.74 Å². The van der Waals surface area contributed by atoms with Crippen LogP contribution in [0.2, 0.25) is 0 Å². The number of aromatic nitrogens is 2. The molecule has 3 aromatic carbocycles. The number of benzene rings is 3. The van der Waals surface area contributed by atoms with Gasteiger partial charge in [0.25, 0.3) is 5.91 Å². The molecule has 0 unspecified atom stereocenters. The van der Waals surface area contributed by atoms with Gasteiger partial charge in [0, 0.05) is 42.8 Å². The zero-order valence-electron chi connectivity index (χ0n) is 18.1. The van der Waals surface area contributed by atoms with Crippen molar-refractivity contribution in [1.29, 1.82) is 0 Å². The third kappa shape index (κ3) is 4.04. The molecule has 0 radical (unpaired) electrons. The molecule has 1 aliphatic rings. The Morgan fingerprint density at radius 1 is 0.938 bits per heavy atom. The molecular formula is C26H26N4O2. The molecule has 0 atom stereocenters. The van der Waals surface area contributed by atoms with Crippen LogP contribution in [0.5, 0.6) is 5.75 Å². The number of carbonyl (C=O) groups excluding carboxylic acids is 1. The normalized spacial score (nSPS) is 14.0. The van der Waals surface area contributed by atoms with Gasteiger partial charge in [0.05, 0.1) is 25.4 Å². The van der Waals surface area contributed by atoms with Crippen molar-refractivity contribution in [1.82, 2.24) is 14.7 Å². The van der Waals surface area contributed by atoms with Crippen LogP contribution in [-0.4, -0.2) is 53.9 Å². The van der Waals surface area contributed by atoms with Crippen LogP contribution in [0.3, 0.4) is 0 Å². The Labute approximate surface area is 187 Å². The quantitative estimate of drug-likeness (QED) is 0.483. The molecule has 2 heterocycles. The Balaban J connectivity index is 1.32. The average molecular weight is 427 g/mol. The average Bonchev–Trinajstić information content (AvgIpc) is 3.26. The second-order valence-electron chi connectivity index (χ2n) is 8.04. The maximum Gasteiger partial charge on any atom is 0.254 e. The molecule has 5 rings (SSSR count). The second kappa shape index (κ2) is 8.75. The highest BCUT2D eigenvalue weighted by Gasteiger charge is 2.22. The Kier molecular flexibility index (Phi) is 5.50. The van der Waals surface area contributed by atoms with E-state index in [1.54, 1.807) is 7.11 Å². The minimum absolute atomic E-state index is 0.0775. The van der Waals surface area contributed by atoms with E-state index in [1.807, 2.05) is 58.2 Å². The molecule has 32 heavy (non-hydrogen) atoms. The Morgan fingerprint density at radius 2 is 1.75 bits per heavy atom. The first-order valence-corrected chi connectivity index (χ1v) is 10.9. The van der Waals surface area contributed by atoms with E-state index in [1.165, 1.54) is 5.69 Å². The van der Waals surface area contributed by atoms with Gasteiger partial charge in [0.2, 0.25) is 0 Å². The summed E-state index contributed by atoms with van der Waals surface area (Å²) in [6.45, 7) is 3.73. The van der Waals surface area contributed by atoms with E-state index in [2.05, 4.69) is 40.3 Å². The largest absolute Gasteiger partial charge is 0.497 e. The van der Waals surface area contributed by atoms with Crippen molar-refractivity contribution in [3.05, 3.63) is 90.1 Å². The van der Waals surface area contributed by atoms with E-state index in [0.717, 1.165) is 48.4 Å². The first-order chi connectivity index (χ1) is 15.7. The van der Waals surface area contributed by atoms with Crippen LogP contribution in [0.4, 0.5) is 5.69 Å². The van der Waals surface area contributed by atoms with E-state index in [0.29, 0.717) is 12.1 Å². The summed E-state index contributed by atoms with van der Waals surface area (Å²) in [5.41, 5.74) is 3.98. The molecule has 1 fully saturated rings. The van der Waals surface area contributed by atoms with Crippen LogP contribution in [0.1, 0.15) is 15.9 Å². The Hall–Kier alpha value is -3.80. The summed E-state index contributed by atoms with van der Waals surface area (Å²) in [6, 6.07) is 24.2. The molecule has 162 valence electrons. The highest BCUT2D eigenvalue weighted by molar-refractivity contribution is 5.98. The molecule has 6 heteroatoms. The van der Waals surface area contributed by atoms with Crippen LogP contribution in [0.25, 0.3) is 10.9 Å². The van der Waals surface area contributed by atoms with Crippen molar-refractivity contribution in [3.63, 3.8) is 0 Å². The molecule has 0 aliphatic carbocycles. The van der Waals surface area contributed by atoms with Crippen molar-refractivity contribution in [2.24, 2.45) is 0 Å². The van der Waals surface area contributed by atoms with Crippen LogP contribution in [0, 0.1) is 0 Å². The first-order valence-electron chi connectivity index (χ1n) is 10.9. The summed E-state index contributed by atoms with van der Waals surface area (Å²) in [4.78, 5) is 17.5. The number of rotatable bonds is 5. The highest BCUT2D eigenvalue weighted by Crippen LogP contribution is 2.21. The van der Waals surface area contributed by atoms with Crippen molar-refractivity contribution in [2.75, 3.05) is 38.2 Å². The molecule has 1 saturated heterocycles. The van der Waals surface area contributed by atoms with Gasteiger partial charge in [0.1, 0.15) is 5.75 Å². The fraction of sp³-hybridized carbons (Fsp3) is 0.231. The van der Waals surface area contributed by atoms with Gasteiger partial charge < -0.3 is 14.5 Å². The van der Waals surface area contributed by atoms with Crippen LogP contribution < -0.4 is 9.64 Å².